The van der Waals surface area contributed by atoms with Crippen LogP contribution in [0.1, 0.15) is 37.8 Å². The van der Waals surface area contributed by atoms with Gasteiger partial charge in [-0.1, -0.05) is 35.9 Å². The van der Waals surface area contributed by atoms with Crippen LogP contribution in [0.2, 0.25) is 0 Å². The van der Waals surface area contributed by atoms with Gasteiger partial charge in [0.2, 0.25) is 5.88 Å². The summed E-state index contributed by atoms with van der Waals surface area (Å²) in [5.74, 6) is -1.02. The lowest BCUT2D eigenvalue weighted by Crippen LogP contribution is -2.39. The van der Waals surface area contributed by atoms with E-state index < -0.39 is 29.0 Å². The van der Waals surface area contributed by atoms with Crippen molar-refractivity contribution in [3.05, 3.63) is 59.8 Å². The van der Waals surface area contributed by atoms with Crippen LogP contribution in [0.4, 0.5) is 13.2 Å². The van der Waals surface area contributed by atoms with Crippen LogP contribution in [0.25, 0.3) is 0 Å². The molecule has 31 heavy (non-hydrogen) atoms. The van der Waals surface area contributed by atoms with Crippen molar-refractivity contribution in [2.75, 3.05) is 19.7 Å². The molecule has 5 nitrogen and oxygen atoms in total. The van der Waals surface area contributed by atoms with Gasteiger partial charge in [0.1, 0.15) is 18.3 Å². The van der Waals surface area contributed by atoms with Crippen LogP contribution >= 0.6 is 0 Å². The summed E-state index contributed by atoms with van der Waals surface area (Å²) in [5, 5.41) is 3.16. The number of rotatable bonds is 5. The molecule has 1 saturated heterocycles. The zero-order valence-corrected chi connectivity index (χ0v) is 18.0. The molecular formula is C23H29F3N2O3. The second-order valence-electron chi connectivity index (χ2n) is 8.04. The predicted octanol–water partition coefficient (Wildman–Crippen LogP) is 4.80. The number of hydrogen-bond donors (Lipinski definition) is 1. The van der Waals surface area contributed by atoms with Crippen LogP contribution in [-0.2, 0) is 15.7 Å². The number of carbonyl (C=O) groups is 1. The molecule has 0 radical (unpaired) electrons. The zero-order chi connectivity index (χ0) is 22.9. The SMILES string of the molecule is CC(C)(COc1ncccc1C(F)(F)F)C(=O)OC1CCNCC1.Cc1ccccc1. The molecule has 0 unspecified atom stereocenters. The van der Waals surface area contributed by atoms with Gasteiger partial charge in [-0.05, 0) is 58.8 Å². The number of carbonyl (C=O) groups excluding carboxylic acids is 1. The van der Waals surface area contributed by atoms with E-state index in [1.54, 1.807) is 13.8 Å². The average Bonchev–Trinajstić information content (AvgIpc) is 2.73. The molecule has 1 aliphatic heterocycles. The van der Waals surface area contributed by atoms with Crippen molar-refractivity contribution in [2.24, 2.45) is 5.41 Å². The summed E-state index contributed by atoms with van der Waals surface area (Å²) in [6.45, 7) is 6.53. The van der Waals surface area contributed by atoms with Gasteiger partial charge in [-0.2, -0.15) is 13.2 Å². The first-order valence-corrected chi connectivity index (χ1v) is 10.2. The number of halogens is 3. The molecule has 0 bridgehead atoms. The third-order valence-corrected chi connectivity index (χ3v) is 4.70. The second-order valence-corrected chi connectivity index (χ2v) is 8.04. The number of nitrogens with one attached hydrogen (secondary N) is 1. The van der Waals surface area contributed by atoms with Gasteiger partial charge in [0.15, 0.2) is 0 Å². The highest BCUT2D eigenvalue weighted by molar-refractivity contribution is 5.76. The van der Waals surface area contributed by atoms with Gasteiger partial charge in [0, 0.05) is 6.20 Å². The lowest BCUT2D eigenvalue weighted by atomic mass is 9.95. The van der Waals surface area contributed by atoms with Crippen LogP contribution in [0.3, 0.4) is 0 Å². The Hall–Kier alpha value is -2.61. The fourth-order valence-corrected chi connectivity index (χ4v) is 2.79. The van der Waals surface area contributed by atoms with Crippen molar-refractivity contribution < 1.29 is 27.4 Å². The highest BCUT2D eigenvalue weighted by Gasteiger charge is 2.37. The quantitative estimate of drug-likeness (QED) is 0.680. The minimum atomic E-state index is -4.57. The minimum absolute atomic E-state index is 0.168. The number of alkyl halides is 3. The molecule has 2 heterocycles. The van der Waals surface area contributed by atoms with Crippen molar-refractivity contribution in [2.45, 2.75) is 45.9 Å². The third-order valence-electron chi connectivity index (χ3n) is 4.70. The monoisotopic (exact) mass is 438 g/mol. The highest BCUT2D eigenvalue weighted by atomic mass is 19.4. The largest absolute Gasteiger partial charge is 0.476 e. The molecule has 8 heteroatoms. The maximum atomic E-state index is 12.9. The topological polar surface area (TPSA) is 60.5 Å². The van der Waals surface area contributed by atoms with E-state index in [1.807, 2.05) is 18.2 Å². The molecule has 3 rings (SSSR count). The number of nitrogens with zero attached hydrogens (tertiary/aromatic N) is 1. The molecule has 170 valence electrons. The lowest BCUT2D eigenvalue weighted by Gasteiger charge is -2.28. The molecular weight excluding hydrogens is 409 g/mol. The van der Waals surface area contributed by atoms with E-state index in [1.165, 1.54) is 17.8 Å². The van der Waals surface area contributed by atoms with Gasteiger partial charge in [0.05, 0.1) is 5.41 Å². The summed E-state index contributed by atoms with van der Waals surface area (Å²) in [5.41, 5.74) is -0.722. The summed E-state index contributed by atoms with van der Waals surface area (Å²) < 4.78 is 49.4. The van der Waals surface area contributed by atoms with Crippen LogP contribution in [0, 0.1) is 12.3 Å². The fraction of sp³-hybridized carbons (Fsp3) is 0.478. The Morgan fingerprint density at radius 1 is 1.10 bits per heavy atom. The molecule has 1 fully saturated rings. The number of esters is 1. The molecule has 2 aromatic rings. The van der Waals surface area contributed by atoms with Crippen LogP contribution in [0.15, 0.2) is 48.7 Å². The molecule has 0 amide bonds. The minimum Gasteiger partial charge on any atom is -0.476 e. The number of piperidine rings is 1. The first-order chi connectivity index (χ1) is 14.6. The second kappa shape index (κ2) is 11.1. The Morgan fingerprint density at radius 2 is 1.74 bits per heavy atom. The first kappa shape index (κ1) is 24.7. The van der Waals surface area contributed by atoms with Gasteiger partial charge >= 0.3 is 12.1 Å². The van der Waals surface area contributed by atoms with Gasteiger partial charge in [-0.15, -0.1) is 0 Å². The van der Waals surface area contributed by atoms with Gasteiger partial charge in [0.25, 0.3) is 0 Å². The van der Waals surface area contributed by atoms with Crippen LogP contribution in [-0.4, -0.2) is 36.8 Å². The number of ether oxygens (including phenoxy) is 2. The summed E-state index contributed by atoms with van der Waals surface area (Å²) in [6.07, 6.45) is -2.07. The maximum absolute atomic E-state index is 12.9. The number of pyridine rings is 1. The summed E-state index contributed by atoms with van der Waals surface area (Å²) in [4.78, 5) is 15.9. The molecule has 1 aliphatic rings. The van der Waals surface area contributed by atoms with Crippen molar-refractivity contribution in [3.63, 3.8) is 0 Å². The van der Waals surface area contributed by atoms with E-state index in [0.717, 1.165) is 32.0 Å². The highest BCUT2D eigenvalue weighted by Crippen LogP contribution is 2.35. The fourth-order valence-electron chi connectivity index (χ4n) is 2.79. The smallest absolute Gasteiger partial charge is 0.421 e. The normalized spacial score (nSPS) is 14.9. The van der Waals surface area contributed by atoms with E-state index in [0.29, 0.717) is 0 Å². The average molecular weight is 438 g/mol. The maximum Gasteiger partial charge on any atom is 0.421 e. The summed E-state index contributed by atoms with van der Waals surface area (Å²) in [6, 6.07) is 12.3. The Labute approximate surface area is 181 Å². The molecule has 0 atom stereocenters. The van der Waals surface area contributed by atoms with Gasteiger partial charge < -0.3 is 14.8 Å². The van der Waals surface area contributed by atoms with E-state index in [9.17, 15) is 18.0 Å². The van der Waals surface area contributed by atoms with E-state index in [2.05, 4.69) is 29.4 Å². The van der Waals surface area contributed by atoms with Crippen LogP contribution in [0.5, 0.6) is 5.88 Å². The van der Waals surface area contributed by atoms with E-state index in [4.69, 9.17) is 9.47 Å². The van der Waals surface area contributed by atoms with Crippen molar-refractivity contribution >= 4 is 5.97 Å². The first-order valence-electron chi connectivity index (χ1n) is 10.2. The Morgan fingerprint density at radius 3 is 2.29 bits per heavy atom. The van der Waals surface area contributed by atoms with Crippen LogP contribution < -0.4 is 10.1 Å². The summed E-state index contributed by atoms with van der Waals surface area (Å²) in [7, 11) is 0. The lowest BCUT2D eigenvalue weighted by molar-refractivity contribution is -0.162. The number of aryl methyl sites for hydroxylation is 1. The molecule has 0 saturated carbocycles. The third kappa shape index (κ3) is 8.20. The molecule has 0 aliphatic carbocycles. The molecule has 0 spiro atoms. The standard InChI is InChI=1S/C16H21F3N2O3.C7H8/c1-15(2,14(22)24-11-5-8-20-9-6-11)10-23-13-12(16(17,18)19)4-3-7-21-13;1-7-5-3-2-4-6-7/h3-4,7,11,20H,5-6,8-10H2,1-2H3;2-6H,1H3. The Kier molecular flexibility index (Phi) is 8.86. The van der Waals surface area contributed by atoms with Crippen molar-refractivity contribution in [3.8, 4) is 5.88 Å². The van der Waals surface area contributed by atoms with Crippen molar-refractivity contribution in [1.82, 2.24) is 10.3 Å². The van der Waals surface area contributed by atoms with E-state index >= 15 is 0 Å². The Bertz CT molecular complexity index is 820. The Balaban J connectivity index is 0.000000412. The summed E-state index contributed by atoms with van der Waals surface area (Å²) >= 11 is 0. The van der Waals surface area contributed by atoms with Gasteiger partial charge in [-0.3, -0.25) is 4.79 Å². The van der Waals surface area contributed by atoms with Crippen molar-refractivity contribution in [1.29, 1.82) is 0 Å². The zero-order valence-electron chi connectivity index (χ0n) is 18.0. The van der Waals surface area contributed by atoms with Gasteiger partial charge in [-0.25, -0.2) is 4.98 Å². The molecule has 1 aromatic heterocycles. The predicted molar refractivity (Wildman–Crippen MR) is 112 cm³/mol. The molecule has 1 N–H and O–H groups in total. The number of benzene rings is 1. The number of aromatic nitrogens is 1. The number of hydrogen-bond acceptors (Lipinski definition) is 5. The molecule has 1 aromatic carbocycles. The van der Waals surface area contributed by atoms with E-state index in [-0.39, 0.29) is 12.7 Å².